The molecule has 0 radical (unpaired) electrons. The molecule has 0 bridgehead atoms. The first-order valence-electron chi connectivity index (χ1n) is 7.36. The normalized spacial score (nSPS) is 13.5. The number of nitrogens with two attached hydrogens (primary N) is 1. The van der Waals surface area contributed by atoms with Crippen molar-refractivity contribution in [2.24, 2.45) is 5.73 Å². The van der Waals surface area contributed by atoms with Gasteiger partial charge in [-0.05, 0) is 31.3 Å². The molecule has 0 aromatic carbocycles. The van der Waals surface area contributed by atoms with Crippen molar-refractivity contribution in [1.82, 2.24) is 5.32 Å². The van der Waals surface area contributed by atoms with E-state index >= 15 is 0 Å². The third-order valence-electron chi connectivity index (χ3n) is 2.86. The lowest BCUT2D eigenvalue weighted by atomic mass is 10.1. The molecule has 2 atom stereocenters. The first-order valence-corrected chi connectivity index (χ1v) is 8.51. The predicted octanol–water partition coefficient (Wildman–Crippen LogP) is 0.931. The molecular formula is C14H28N2O4S. The molecule has 0 aromatic heterocycles. The Kier molecular flexibility index (Phi) is 12.4. The van der Waals surface area contributed by atoms with Gasteiger partial charge >= 0.3 is 5.97 Å². The van der Waals surface area contributed by atoms with Gasteiger partial charge < -0.3 is 20.5 Å². The summed E-state index contributed by atoms with van der Waals surface area (Å²) in [5.41, 5.74) is 5.99. The Balaban J connectivity index is 3.95. The second-order valence-corrected chi connectivity index (χ2v) is 5.90. The van der Waals surface area contributed by atoms with E-state index in [2.05, 4.69) is 12.2 Å². The van der Waals surface area contributed by atoms with Gasteiger partial charge in [0.1, 0.15) is 0 Å². The number of esters is 1. The van der Waals surface area contributed by atoms with Gasteiger partial charge in [0.15, 0.2) is 6.10 Å². The van der Waals surface area contributed by atoms with Crippen LogP contribution < -0.4 is 11.1 Å². The van der Waals surface area contributed by atoms with Crippen LogP contribution in [0, 0.1) is 0 Å². The maximum Gasteiger partial charge on any atom is 0.305 e. The molecule has 0 aliphatic carbocycles. The Hall–Kier alpha value is -0.790. The molecule has 0 saturated carbocycles. The molecule has 0 heterocycles. The van der Waals surface area contributed by atoms with Crippen LogP contribution in [0.5, 0.6) is 0 Å². The molecule has 3 N–H and O–H groups in total. The largest absolute Gasteiger partial charge is 0.466 e. The fourth-order valence-corrected chi connectivity index (χ4v) is 2.50. The number of nitrogens with one attached hydrogen (secondary N) is 1. The van der Waals surface area contributed by atoms with E-state index in [4.69, 9.17) is 15.2 Å². The third kappa shape index (κ3) is 9.71. The van der Waals surface area contributed by atoms with E-state index < -0.39 is 6.10 Å². The molecule has 7 heteroatoms. The standard InChI is InChI=1S/C14H28N2O4S/c1-4-20-12(17)7-6-9-16-14(18)13(19-3)11(15)8-10-21-5-2/h11,13H,4-10,15H2,1-3H3,(H,16,18)/t11-,13?/m1/s1. The smallest absolute Gasteiger partial charge is 0.305 e. The minimum absolute atomic E-state index is 0.227. The van der Waals surface area contributed by atoms with E-state index in [-0.39, 0.29) is 17.9 Å². The molecule has 0 spiro atoms. The first-order chi connectivity index (χ1) is 10.1. The van der Waals surface area contributed by atoms with Gasteiger partial charge in [0, 0.05) is 26.1 Å². The summed E-state index contributed by atoms with van der Waals surface area (Å²) in [6.07, 6.45) is 0.921. The van der Waals surface area contributed by atoms with Crippen LogP contribution in [-0.4, -0.2) is 55.8 Å². The molecule has 0 aliphatic rings. The number of amides is 1. The Labute approximate surface area is 131 Å². The molecule has 1 amide bonds. The van der Waals surface area contributed by atoms with Crippen LogP contribution in [0.1, 0.15) is 33.1 Å². The van der Waals surface area contributed by atoms with Gasteiger partial charge in [-0.25, -0.2) is 0 Å². The van der Waals surface area contributed by atoms with E-state index in [0.717, 1.165) is 17.9 Å². The molecule has 1 unspecified atom stereocenters. The topological polar surface area (TPSA) is 90.6 Å². The number of methoxy groups -OCH3 is 1. The maximum absolute atomic E-state index is 12.0. The molecule has 6 nitrogen and oxygen atoms in total. The fraction of sp³-hybridized carbons (Fsp3) is 0.857. The minimum atomic E-state index is -0.648. The average Bonchev–Trinajstić information content (AvgIpc) is 2.45. The van der Waals surface area contributed by atoms with Gasteiger partial charge in [0.25, 0.3) is 5.91 Å². The Morgan fingerprint density at radius 2 is 2.05 bits per heavy atom. The van der Waals surface area contributed by atoms with Crippen molar-refractivity contribution in [3.05, 3.63) is 0 Å². The first kappa shape index (κ1) is 20.2. The zero-order valence-corrected chi connectivity index (χ0v) is 14.0. The lowest BCUT2D eigenvalue weighted by Crippen LogP contribution is -2.48. The van der Waals surface area contributed by atoms with Crippen LogP contribution in [0.4, 0.5) is 0 Å². The summed E-state index contributed by atoms with van der Waals surface area (Å²) in [6, 6.07) is -0.320. The van der Waals surface area contributed by atoms with E-state index in [1.165, 1.54) is 7.11 Å². The van der Waals surface area contributed by atoms with Gasteiger partial charge in [0.2, 0.25) is 0 Å². The lowest BCUT2D eigenvalue weighted by molar-refractivity contribution is -0.143. The summed E-state index contributed by atoms with van der Waals surface area (Å²) in [6.45, 7) is 4.64. The number of hydrogen-bond acceptors (Lipinski definition) is 6. The quantitative estimate of drug-likeness (QED) is 0.411. The number of carbonyl (C=O) groups is 2. The lowest BCUT2D eigenvalue weighted by Gasteiger charge is -2.21. The maximum atomic E-state index is 12.0. The number of thioether (sulfide) groups is 1. The average molecular weight is 320 g/mol. The summed E-state index contributed by atoms with van der Waals surface area (Å²) in [7, 11) is 1.48. The van der Waals surface area contributed by atoms with Crippen LogP contribution >= 0.6 is 11.8 Å². The molecule has 124 valence electrons. The molecule has 0 aliphatic heterocycles. The number of ether oxygens (including phenoxy) is 2. The highest BCUT2D eigenvalue weighted by Crippen LogP contribution is 2.07. The number of hydrogen-bond donors (Lipinski definition) is 2. The van der Waals surface area contributed by atoms with Crippen LogP contribution in [0.2, 0.25) is 0 Å². The molecule has 0 aromatic rings. The molecule has 0 rings (SSSR count). The predicted molar refractivity (Wildman–Crippen MR) is 85.3 cm³/mol. The molecule has 0 fully saturated rings. The van der Waals surface area contributed by atoms with E-state index in [1.807, 2.05) is 0 Å². The van der Waals surface area contributed by atoms with E-state index in [1.54, 1.807) is 18.7 Å². The van der Waals surface area contributed by atoms with Crippen molar-refractivity contribution >= 4 is 23.6 Å². The molecule has 21 heavy (non-hydrogen) atoms. The molecule has 0 saturated heterocycles. The summed E-state index contributed by atoms with van der Waals surface area (Å²) < 4.78 is 10.00. The minimum Gasteiger partial charge on any atom is -0.466 e. The highest BCUT2D eigenvalue weighted by atomic mass is 32.2. The van der Waals surface area contributed by atoms with Crippen molar-refractivity contribution in [2.75, 3.05) is 31.8 Å². The fourth-order valence-electron chi connectivity index (χ4n) is 1.77. The van der Waals surface area contributed by atoms with Gasteiger partial charge in [0.05, 0.1) is 6.61 Å². The Bertz CT molecular complexity index is 303. The van der Waals surface area contributed by atoms with Crippen LogP contribution in [0.3, 0.4) is 0 Å². The van der Waals surface area contributed by atoms with Gasteiger partial charge in [-0.2, -0.15) is 11.8 Å². The second kappa shape index (κ2) is 12.9. The van der Waals surface area contributed by atoms with Crippen molar-refractivity contribution in [1.29, 1.82) is 0 Å². The van der Waals surface area contributed by atoms with Gasteiger partial charge in [-0.1, -0.05) is 6.92 Å². The van der Waals surface area contributed by atoms with Crippen molar-refractivity contribution in [3.63, 3.8) is 0 Å². The van der Waals surface area contributed by atoms with Crippen LogP contribution in [0.15, 0.2) is 0 Å². The van der Waals surface area contributed by atoms with Crippen molar-refractivity contribution < 1.29 is 19.1 Å². The van der Waals surface area contributed by atoms with E-state index in [0.29, 0.717) is 26.0 Å². The van der Waals surface area contributed by atoms with Crippen molar-refractivity contribution in [2.45, 2.75) is 45.3 Å². The number of carbonyl (C=O) groups excluding carboxylic acids is 2. The summed E-state index contributed by atoms with van der Waals surface area (Å²) in [5, 5.41) is 2.74. The molecular weight excluding hydrogens is 292 g/mol. The summed E-state index contributed by atoms with van der Waals surface area (Å²) in [5.74, 6) is 1.47. The number of rotatable bonds is 12. The third-order valence-corrected chi connectivity index (χ3v) is 3.80. The summed E-state index contributed by atoms with van der Waals surface area (Å²) >= 11 is 1.79. The van der Waals surface area contributed by atoms with Crippen LogP contribution in [0.25, 0.3) is 0 Å². The zero-order chi connectivity index (χ0) is 16.1. The monoisotopic (exact) mass is 320 g/mol. The highest BCUT2D eigenvalue weighted by Gasteiger charge is 2.24. The highest BCUT2D eigenvalue weighted by molar-refractivity contribution is 7.99. The summed E-state index contributed by atoms with van der Waals surface area (Å²) in [4.78, 5) is 23.1. The SMILES string of the molecule is CCOC(=O)CCCNC(=O)C(OC)[C@H](N)CCSCC. The van der Waals surface area contributed by atoms with Gasteiger partial charge in [-0.15, -0.1) is 0 Å². The van der Waals surface area contributed by atoms with E-state index in [9.17, 15) is 9.59 Å². The van der Waals surface area contributed by atoms with Crippen molar-refractivity contribution in [3.8, 4) is 0 Å². The van der Waals surface area contributed by atoms with Gasteiger partial charge in [-0.3, -0.25) is 9.59 Å². The Morgan fingerprint density at radius 3 is 2.62 bits per heavy atom. The van der Waals surface area contributed by atoms with Crippen LogP contribution in [-0.2, 0) is 19.1 Å². The Morgan fingerprint density at radius 1 is 1.33 bits per heavy atom. The zero-order valence-electron chi connectivity index (χ0n) is 13.2. The second-order valence-electron chi connectivity index (χ2n) is 4.51.